The summed E-state index contributed by atoms with van der Waals surface area (Å²) in [5.74, 6) is 0. The van der Waals surface area contributed by atoms with Crippen molar-refractivity contribution in [2.45, 2.75) is 0 Å². The molecule has 0 amide bonds. The summed E-state index contributed by atoms with van der Waals surface area (Å²) >= 11 is 0. The second kappa shape index (κ2) is 10.8. The van der Waals surface area contributed by atoms with Gasteiger partial charge in [0.2, 0.25) is 0 Å². The van der Waals surface area contributed by atoms with Crippen LogP contribution in [-0.2, 0) is 0 Å². The lowest BCUT2D eigenvalue weighted by Crippen LogP contribution is -2.10. The van der Waals surface area contributed by atoms with Gasteiger partial charge in [0, 0.05) is 55.7 Å². The van der Waals surface area contributed by atoms with Gasteiger partial charge >= 0.3 is 0 Å². The minimum Gasteiger partial charge on any atom is -0.455 e. The summed E-state index contributed by atoms with van der Waals surface area (Å²) in [6.07, 6.45) is 0. The highest BCUT2D eigenvalue weighted by atomic mass is 16.3. The third-order valence-corrected chi connectivity index (χ3v) is 10.5. The first-order chi connectivity index (χ1) is 25.3. The zero-order valence-electron chi connectivity index (χ0n) is 27.6. The molecule has 0 atom stereocenters. The molecule has 0 unspecified atom stereocenters. The van der Waals surface area contributed by atoms with E-state index in [-0.39, 0.29) is 0 Å². The maximum Gasteiger partial charge on any atom is 0.143 e. The normalized spacial score (nSPS) is 11.9. The van der Waals surface area contributed by atoms with Gasteiger partial charge in [0.05, 0.1) is 11.0 Å². The van der Waals surface area contributed by atoms with E-state index in [1.165, 1.54) is 48.7 Å². The van der Waals surface area contributed by atoms with Crippen molar-refractivity contribution >= 4 is 93.1 Å². The third kappa shape index (κ3) is 4.25. The fraction of sp³-hybridized carbons (Fsp3) is 0. The maximum absolute atomic E-state index is 6.67. The number of rotatable bonds is 4. The van der Waals surface area contributed by atoms with E-state index in [2.05, 4.69) is 191 Å². The number of furan rings is 1. The van der Waals surface area contributed by atoms with Gasteiger partial charge in [0.25, 0.3) is 0 Å². The molecular weight excluding hydrogens is 621 g/mol. The van der Waals surface area contributed by atoms with Crippen LogP contribution in [0.15, 0.2) is 186 Å². The Balaban J connectivity index is 1.10. The van der Waals surface area contributed by atoms with Crippen LogP contribution in [0.25, 0.3) is 81.7 Å². The Bertz CT molecular complexity index is 3090. The molecule has 2 aromatic heterocycles. The lowest BCUT2D eigenvalue weighted by molar-refractivity contribution is 0.672. The number of para-hydroxylation sites is 2. The molecule has 0 radical (unpaired) electrons. The van der Waals surface area contributed by atoms with Crippen LogP contribution in [0, 0.1) is 0 Å². The lowest BCUT2D eigenvalue weighted by atomic mass is 10.0. The topological polar surface area (TPSA) is 21.3 Å². The Kier molecular flexibility index (Phi) is 5.96. The van der Waals surface area contributed by atoms with E-state index in [9.17, 15) is 0 Å². The van der Waals surface area contributed by atoms with Crippen LogP contribution in [-0.4, -0.2) is 4.57 Å². The summed E-state index contributed by atoms with van der Waals surface area (Å²) in [6, 6.07) is 65.6. The second-order valence-electron chi connectivity index (χ2n) is 13.4. The van der Waals surface area contributed by atoms with Crippen molar-refractivity contribution in [1.29, 1.82) is 0 Å². The molecule has 0 aliphatic carbocycles. The predicted molar refractivity (Wildman–Crippen MR) is 215 cm³/mol. The first kappa shape index (κ1) is 28.0. The van der Waals surface area contributed by atoms with Crippen LogP contribution in [0.3, 0.4) is 0 Å². The first-order valence-electron chi connectivity index (χ1n) is 17.4. The fourth-order valence-corrected chi connectivity index (χ4v) is 8.17. The van der Waals surface area contributed by atoms with Gasteiger partial charge in [-0.15, -0.1) is 0 Å². The number of fused-ring (bicyclic) bond motifs is 11. The molecule has 0 aliphatic rings. The van der Waals surface area contributed by atoms with Crippen molar-refractivity contribution in [3.8, 4) is 5.69 Å². The predicted octanol–water partition coefficient (Wildman–Crippen LogP) is 13.6. The molecule has 3 nitrogen and oxygen atoms in total. The van der Waals surface area contributed by atoms with E-state index >= 15 is 0 Å². The van der Waals surface area contributed by atoms with Crippen molar-refractivity contribution < 1.29 is 4.42 Å². The first-order valence-corrected chi connectivity index (χ1v) is 17.4. The van der Waals surface area contributed by atoms with Gasteiger partial charge in [-0.05, 0) is 93.7 Å². The summed E-state index contributed by atoms with van der Waals surface area (Å²) in [4.78, 5) is 2.34. The monoisotopic (exact) mass is 650 g/mol. The molecule has 0 aliphatic heterocycles. The number of anilines is 3. The second-order valence-corrected chi connectivity index (χ2v) is 13.4. The van der Waals surface area contributed by atoms with E-state index < -0.39 is 0 Å². The zero-order valence-corrected chi connectivity index (χ0v) is 27.6. The number of aromatic nitrogens is 1. The molecule has 0 bridgehead atoms. The van der Waals surface area contributed by atoms with Crippen LogP contribution in [0.2, 0.25) is 0 Å². The van der Waals surface area contributed by atoms with E-state index in [1.54, 1.807) is 0 Å². The van der Waals surface area contributed by atoms with Gasteiger partial charge < -0.3 is 13.9 Å². The minimum atomic E-state index is 0.873. The van der Waals surface area contributed by atoms with Gasteiger partial charge in [0.1, 0.15) is 11.2 Å². The van der Waals surface area contributed by atoms with Crippen LogP contribution in [0.1, 0.15) is 0 Å². The Morgan fingerprint density at radius 1 is 0.353 bits per heavy atom. The van der Waals surface area contributed by atoms with Crippen LogP contribution in [0.5, 0.6) is 0 Å². The molecule has 3 heteroatoms. The highest BCUT2D eigenvalue weighted by Crippen LogP contribution is 2.42. The van der Waals surface area contributed by atoms with E-state index in [0.717, 1.165) is 50.1 Å². The van der Waals surface area contributed by atoms with Crippen LogP contribution < -0.4 is 4.90 Å². The van der Waals surface area contributed by atoms with Gasteiger partial charge in [-0.1, -0.05) is 109 Å². The molecule has 238 valence electrons. The Morgan fingerprint density at radius 2 is 0.863 bits per heavy atom. The molecule has 0 spiro atoms. The SMILES string of the molecule is c1ccc2c(c1)ccc1cc(N(c3ccc(-n4c5ccccc5c5ccccc54)cc3)c3ccc4c(c3)oc3c5ccccc5ccc43)ccc12. The molecule has 2 heterocycles. The molecule has 11 aromatic rings. The van der Waals surface area contributed by atoms with Gasteiger partial charge in [-0.25, -0.2) is 0 Å². The largest absolute Gasteiger partial charge is 0.455 e. The van der Waals surface area contributed by atoms with E-state index in [1.807, 2.05) is 0 Å². The summed E-state index contributed by atoms with van der Waals surface area (Å²) < 4.78 is 9.03. The molecule has 9 aromatic carbocycles. The number of hydrogen-bond donors (Lipinski definition) is 0. The van der Waals surface area contributed by atoms with Crippen LogP contribution >= 0.6 is 0 Å². The molecule has 0 saturated carbocycles. The molecular formula is C48H30N2O. The Hall–Kier alpha value is -6.84. The summed E-state index contributed by atoms with van der Waals surface area (Å²) in [7, 11) is 0. The summed E-state index contributed by atoms with van der Waals surface area (Å²) in [5, 5.41) is 12.0. The number of benzene rings is 9. The number of nitrogens with zero attached hydrogens (tertiary/aromatic N) is 2. The van der Waals surface area contributed by atoms with Crippen molar-refractivity contribution in [3.05, 3.63) is 182 Å². The average Bonchev–Trinajstić information content (AvgIpc) is 3.74. The quantitative estimate of drug-likeness (QED) is 0.177. The van der Waals surface area contributed by atoms with Crippen molar-refractivity contribution in [2.75, 3.05) is 4.90 Å². The van der Waals surface area contributed by atoms with Crippen molar-refractivity contribution in [3.63, 3.8) is 0 Å². The molecule has 11 rings (SSSR count). The Labute approximate surface area is 293 Å². The van der Waals surface area contributed by atoms with E-state index in [0.29, 0.717) is 0 Å². The van der Waals surface area contributed by atoms with Gasteiger partial charge in [-0.3, -0.25) is 0 Å². The lowest BCUT2D eigenvalue weighted by Gasteiger charge is -2.26. The summed E-state index contributed by atoms with van der Waals surface area (Å²) in [6.45, 7) is 0. The fourth-order valence-electron chi connectivity index (χ4n) is 8.17. The average molecular weight is 651 g/mol. The molecule has 0 fully saturated rings. The molecule has 0 saturated heterocycles. The van der Waals surface area contributed by atoms with Crippen molar-refractivity contribution in [2.24, 2.45) is 0 Å². The molecule has 0 N–H and O–H groups in total. The van der Waals surface area contributed by atoms with Gasteiger partial charge in [-0.2, -0.15) is 0 Å². The van der Waals surface area contributed by atoms with Crippen molar-refractivity contribution in [1.82, 2.24) is 4.57 Å². The summed E-state index contributed by atoms with van der Waals surface area (Å²) in [5.41, 5.74) is 8.53. The van der Waals surface area contributed by atoms with Crippen LogP contribution in [0.4, 0.5) is 17.1 Å². The van der Waals surface area contributed by atoms with Gasteiger partial charge in [0.15, 0.2) is 0 Å². The maximum atomic E-state index is 6.67. The van der Waals surface area contributed by atoms with E-state index in [4.69, 9.17) is 4.42 Å². The molecule has 51 heavy (non-hydrogen) atoms. The number of hydrogen-bond acceptors (Lipinski definition) is 2. The Morgan fingerprint density at radius 3 is 1.61 bits per heavy atom. The highest BCUT2D eigenvalue weighted by molar-refractivity contribution is 6.16. The zero-order chi connectivity index (χ0) is 33.5. The standard InChI is InChI=1S/C48H30N2O/c1-3-11-38-31(9-1)17-18-33-29-36(24-27-39(33)38)49(37-25-28-43-44-26-19-32-10-2-4-12-40(32)48(44)51-47(43)30-37)34-20-22-35(23-21-34)50-45-15-7-5-13-41(45)42-14-6-8-16-46(42)50/h1-30H. The minimum absolute atomic E-state index is 0.873. The third-order valence-electron chi connectivity index (χ3n) is 10.5. The smallest absolute Gasteiger partial charge is 0.143 e. The highest BCUT2D eigenvalue weighted by Gasteiger charge is 2.18.